The van der Waals surface area contributed by atoms with Crippen LogP contribution in [-0.4, -0.2) is 4.98 Å². The molecule has 2 aromatic carbocycles. The zero-order valence-corrected chi connectivity index (χ0v) is 11.7. The number of fused-ring (bicyclic) bond motifs is 1. The highest BCUT2D eigenvalue weighted by atomic mass is 35.5. The number of halogens is 3. The maximum atomic E-state index is 14.1. The Balaban J connectivity index is 2.14. The molecule has 1 unspecified atom stereocenters. The fourth-order valence-electron chi connectivity index (χ4n) is 2.20. The lowest BCUT2D eigenvalue weighted by molar-refractivity contribution is 0.550. The zero-order chi connectivity index (χ0) is 15.1. The standard InChI is InChI=1S/C15H10ClF2NO2/c1-7-2-4-9(17)12(14(7)18)13(16)8-3-5-10-11(6-8)21-15(20)19-10/h2-6,13H,1H3,(H,19,20). The van der Waals surface area contributed by atoms with E-state index in [4.69, 9.17) is 16.0 Å². The number of aromatic nitrogens is 1. The van der Waals surface area contributed by atoms with E-state index in [0.29, 0.717) is 16.6 Å². The van der Waals surface area contributed by atoms with E-state index >= 15 is 0 Å². The molecule has 0 spiro atoms. The van der Waals surface area contributed by atoms with Crippen molar-refractivity contribution in [3.8, 4) is 0 Å². The van der Waals surface area contributed by atoms with Gasteiger partial charge in [-0.05, 0) is 36.2 Å². The van der Waals surface area contributed by atoms with Gasteiger partial charge >= 0.3 is 5.76 Å². The second-order valence-corrected chi connectivity index (χ2v) is 5.16. The number of H-pyrrole nitrogens is 1. The Bertz CT molecular complexity index is 885. The molecule has 0 fully saturated rings. The molecule has 0 saturated heterocycles. The summed E-state index contributed by atoms with van der Waals surface area (Å²) in [5.41, 5.74) is 1.32. The van der Waals surface area contributed by atoms with Crippen molar-refractivity contribution in [2.75, 3.05) is 0 Å². The van der Waals surface area contributed by atoms with E-state index in [1.54, 1.807) is 12.1 Å². The Hall–Kier alpha value is -2.14. The Morgan fingerprint density at radius 1 is 1.24 bits per heavy atom. The van der Waals surface area contributed by atoms with E-state index in [-0.39, 0.29) is 11.1 Å². The number of alkyl halides is 1. The summed E-state index contributed by atoms with van der Waals surface area (Å²) in [6.07, 6.45) is 0. The molecule has 0 saturated carbocycles. The molecule has 3 aromatic rings. The van der Waals surface area contributed by atoms with Crippen molar-refractivity contribution in [1.82, 2.24) is 4.98 Å². The maximum absolute atomic E-state index is 14.1. The van der Waals surface area contributed by atoms with Gasteiger partial charge in [0.1, 0.15) is 11.6 Å². The normalized spacial score (nSPS) is 12.8. The molecule has 0 radical (unpaired) electrons. The summed E-state index contributed by atoms with van der Waals surface area (Å²) in [4.78, 5) is 13.6. The molecule has 0 aliphatic carbocycles. The summed E-state index contributed by atoms with van der Waals surface area (Å²) >= 11 is 6.21. The second kappa shape index (κ2) is 5.00. The lowest BCUT2D eigenvalue weighted by atomic mass is 10.0. The van der Waals surface area contributed by atoms with E-state index in [2.05, 4.69) is 4.98 Å². The van der Waals surface area contributed by atoms with Crippen LogP contribution < -0.4 is 5.76 Å². The van der Waals surface area contributed by atoms with Crippen molar-refractivity contribution in [2.45, 2.75) is 12.3 Å². The predicted molar refractivity (Wildman–Crippen MR) is 75.6 cm³/mol. The summed E-state index contributed by atoms with van der Waals surface area (Å²) in [7, 11) is 0. The molecule has 0 aliphatic rings. The van der Waals surface area contributed by atoms with E-state index in [1.807, 2.05) is 0 Å². The third-order valence-electron chi connectivity index (χ3n) is 3.31. The molecule has 1 N–H and O–H groups in total. The quantitative estimate of drug-likeness (QED) is 0.726. The number of rotatable bonds is 2. The van der Waals surface area contributed by atoms with Crippen molar-refractivity contribution in [2.24, 2.45) is 0 Å². The molecule has 6 heteroatoms. The molecule has 1 heterocycles. The van der Waals surface area contributed by atoms with Crippen LogP contribution in [0.4, 0.5) is 8.78 Å². The van der Waals surface area contributed by atoms with Crippen LogP contribution in [0.2, 0.25) is 0 Å². The molecule has 21 heavy (non-hydrogen) atoms. The van der Waals surface area contributed by atoms with Crippen LogP contribution in [-0.2, 0) is 0 Å². The molecule has 0 aliphatic heterocycles. The summed E-state index contributed by atoms with van der Waals surface area (Å²) < 4.78 is 32.9. The molecular formula is C15H10ClF2NO2. The van der Waals surface area contributed by atoms with E-state index in [1.165, 1.54) is 25.1 Å². The number of hydrogen-bond acceptors (Lipinski definition) is 2. The van der Waals surface area contributed by atoms with Crippen LogP contribution in [0.1, 0.15) is 22.1 Å². The molecular weight excluding hydrogens is 300 g/mol. The Kier molecular flexibility index (Phi) is 3.29. The third-order valence-corrected chi connectivity index (χ3v) is 3.78. The van der Waals surface area contributed by atoms with E-state index in [0.717, 1.165) is 0 Å². The van der Waals surface area contributed by atoms with Crippen molar-refractivity contribution in [3.05, 3.63) is 69.2 Å². The molecule has 1 atom stereocenters. The average molecular weight is 310 g/mol. The fraction of sp³-hybridized carbons (Fsp3) is 0.133. The highest BCUT2D eigenvalue weighted by Gasteiger charge is 2.22. The zero-order valence-electron chi connectivity index (χ0n) is 10.9. The smallest absolute Gasteiger partial charge is 0.408 e. The van der Waals surface area contributed by atoms with Crippen LogP contribution >= 0.6 is 11.6 Å². The number of aryl methyl sites for hydroxylation is 1. The maximum Gasteiger partial charge on any atom is 0.417 e. The second-order valence-electron chi connectivity index (χ2n) is 4.72. The Morgan fingerprint density at radius 2 is 2.00 bits per heavy atom. The fourth-order valence-corrected chi connectivity index (χ4v) is 2.53. The first-order valence-electron chi connectivity index (χ1n) is 6.18. The lowest BCUT2D eigenvalue weighted by Crippen LogP contribution is -2.02. The van der Waals surface area contributed by atoms with Gasteiger partial charge in [0.15, 0.2) is 5.58 Å². The van der Waals surface area contributed by atoms with E-state index in [9.17, 15) is 13.6 Å². The summed E-state index contributed by atoms with van der Waals surface area (Å²) in [6, 6.07) is 7.19. The van der Waals surface area contributed by atoms with Gasteiger partial charge in [-0.3, -0.25) is 4.98 Å². The Morgan fingerprint density at radius 3 is 2.76 bits per heavy atom. The number of nitrogens with one attached hydrogen (secondary N) is 1. The van der Waals surface area contributed by atoms with Crippen LogP contribution in [0.15, 0.2) is 39.5 Å². The van der Waals surface area contributed by atoms with Crippen LogP contribution in [0.25, 0.3) is 11.1 Å². The van der Waals surface area contributed by atoms with Gasteiger partial charge in [0, 0.05) is 5.56 Å². The largest absolute Gasteiger partial charge is 0.417 e. The minimum absolute atomic E-state index is 0.214. The first-order valence-corrected chi connectivity index (χ1v) is 6.62. The lowest BCUT2D eigenvalue weighted by Gasteiger charge is -2.13. The number of hydrogen-bond donors (Lipinski definition) is 1. The molecule has 1 aromatic heterocycles. The summed E-state index contributed by atoms with van der Waals surface area (Å²) in [5.74, 6) is -1.99. The topological polar surface area (TPSA) is 46.0 Å². The first kappa shape index (κ1) is 13.8. The molecule has 108 valence electrons. The SMILES string of the molecule is Cc1ccc(F)c(C(Cl)c2ccc3[nH]c(=O)oc3c2)c1F. The van der Waals surface area contributed by atoms with Gasteiger partial charge in [0.2, 0.25) is 0 Å². The van der Waals surface area contributed by atoms with Gasteiger partial charge in [-0.25, -0.2) is 13.6 Å². The monoisotopic (exact) mass is 309 g/mol. The molecule has 0 bridgehead atoms. The van der Waals surface area contributed by atoms with Crippen molar-refractivity contribution < 1.29 is 13.2 Å². The minimum Gasteiger partial charge on any atom is -0.408 e. The van der Waals surface area contributed by atoms with Gasteiger partial charge in [-0.15, -0.1) is 11.6 Å². The van der Waals surface area contributed by atoms with Crippen molar-refractivity contribution >= 4 is 22.7 Å². The van der Waals surface area contributed by atoms with Gasteiger partial charge in [0.25, 0.3) is 0 Å². The summed E-state index contributed by atoms with van der Waals surface area (Å²) in [5, 5.41) is -1.02. The number of oxazole rings is 1. The number of benzene rings is 2. The van der Waals surface area contributed by atoms with Gasteiger partial charge in [0.05, 0.1) is 10.9 Å². The first-order chi connectivity index (χ1) is 9.97. The van der Waals surface area contributed by atoms with Crippen molar-refractivity contribution in [3.63, 3.8) is 0 Å². The predicted octanol–water partition coefficient (Wildman–Crippen LogP) is 4.04. The average Bonchev–Trinajstić information content (AvgIpc) is 2.82. The van der Waals surface area contributed by atoms with E-state index < -0.39 is 22.8 Å². The van der Waals surface area contributed by atoms with Crippen LogP contribution in [0, 0.1) is 18.6 Å². The van der Waals surface area contributed by atoms with Gasteiger partial charge in [-0.1, -0.05) is 12.1 Å². The highest BCUT2D eigenvalue weighted by Crippen LogP contribution is 2.34. The molecule has 3 rings (SSSR count). The molecule has 0 amide bonds. The highest BCUT2D eigenvalue weighted by molar-refractivity contribution is 6.22. The van der Waals surface area contributed by atoms with Crippen molar-refractivity contribution in [1.29, 1.82) is 0 Å². The van der Waals surface area contributed by atoms with Gasteiger partial charge < -0.3 is 4.42 Å². The van der Waals surface area contributed by atoms with Crippen LogP contribution in [0.3, 0.4) is 0 Å². The van der Waals surface area contributed by atoms with Gasteiger partial charge in [-0.2, -0.15) is 0 Å². The summed E-state index contributed by atoms with van der Waals surface area (Å²) in [6.45, 7) is 1.54. The molecule has 3 nitrogen and oxygen atoms in total. The number of aromatic amines is 1. The Labute approximate surface area is 123 Å². The minimum atomic E-state index is -1.02. The van der Waals surface area contributed by atoms with Crippen LogP contribution in [0.5, 0.6) is 0 Å². The third kappa shape index (κ3) is 2.34.